The van der Waals surface area contributed by atoms with Gasteiger partial charge in [0.05, 0.1) is 10.9 Å². The molecule has 1 unspecified atom stereocenters. The van der Waals surface area contributed by atoms with E-state index in [1.54, 1.807) is 32.9 Å². The SMILES string of the molecule is Cc1ccc(S(=O)(=O)CNC(=O)C(=O)C(CC2CC2)NC(=O)[C@@H]2[C@@H]3[C@H](CN2C(=O)[C@@H](NC(=O)OC(C)(C)C)C(C)(C)C)C3(C)C)cc1. The van der Waals surface area contributed by atoms with E-state index in [0.29, 0.717) is 6.54 Å². The van der Waals surface area contributed by atoms with E-state index < -0.39 is 74.5 Å². The lowest BCUT2D eigenvalue weighted by Crippen LogP contribution is -2.60. The summed E-state index contributed by atoms with van der Waals surface area (Å²) in [5.74, 6) is -3.81. The molecule has 1 aromatic carbocycles. The van der Waals surface area contributed by atoms with Crippen molar-refractivity contribution in [2.24, 2.45) is 28.6 Å². The fraction of sp³-hybridized carbons (Fsp3) is 0.676. The standard InChI is InChI=1S/C34H50N4O8S/c1-19-10-14-21(15-11-19)47(44,45)18-35-29(41)26(39)23(16-20-12-13-20)36-28(40)25-24-22(34(24,8)9)17-38(25)30(42)27(32(2,3)4)37-31(43)46-33(5,6)7/h10-11,14-15,20,22-25,27H,12-13,16-18H2,1-9H3,(H,35,41)(H,36,40)(H,37,43)/t22-,23?,24-,25-,27+/m0/s1. The summed E-state index contributed by atoms with van der Waals surface area (Å²) >= 11 is 0. The van der Waals surface area contributed by atoms with Gasteiger partial charge in [-0.25, -0.2) is 13.2 Å². The number of carbonyl (C=O) groups excluding carboxylic acids is 5. The third-order valence-corrected chi connectivity index (χ3v) is 11.0. The van der Waals surface area contributed by atoms with Crippen molar-refractivity contribution in [2.45, 2.75) is 110 Å². The first kappa shape index (κ1) is 36.4. The van der Waals surface area contributed by atoms with Gasteiger partial charge in [0.2, 0.25) is 17.6 Å². The normalized spacial score (nSPS) is 23.2. The smallest absolute Gasteiger partial charge is 0.408 e. The van der Waals surface area contributed by atoms with Crippen molar-refractivity contribution in [3.8, 4) is 0 Å². The Morgan fingerprint density at radius 3 is 2.11 bits per heavy atom. The third-order valence-electron chi connectivity index (χ3n) is 9.46. The second kappa shape index (κ2) is 12.9. The minimum Gasteiger partial charge on any atom is -0.444 e. The van der Waals surface area contributed by atoms with Crippen LogP contribution in [-0.2, 0) is 33.8 Å². The van der Waals surface area contributed by atoms with Crippen molar-refractivity contribution >= 4 is 39.4 Å². The number of ketones is 1. The molecule has 1 saturated heterocycles. The molecule has 3 fully saturated rings. The molecule has 1 heterocycles. The Kier molecular flexibility index (Phi) is 9.94. The summed E-state index contributed by atoms with van der Waals surface area (Å²) in [7, 11) is -3.90. The number of alkyl carbamates (subject to hydrolysis) is 1. The predicted molar refractivity (Wildman–Crippen MR) is 175 cm³/mol. The quantitative estimate of drug-likeness (QED) is 0.301. The van der Waals surface area contributed by atoms with Gasteiger partial charge in [0.1, 0.15) is 23.6 Å². The molecule has 2 aliphatic carbocycles. The number of hydrogen-bond donors (Lipinski definition) is 3. The van der Waals surface area contributed by atoms with E-state index in [0.717, 1.165) is 18.4 Å². The number of sulfone groups is 1. The molecule has 1 aliphatic heterocycles. The van der Waals surface area contributed by atoms with E-state index in [9.17, 15) is 32.4 Å². The fourth-order valence-corrected chi connectivity index (χ4v) is 7.50. The summed E-state index contributed by atoms with van der Waals surface area (Å²) < 4.78 is 31.0. The minimum absolute atomic E-state index is 0.0148. The molecule has 0 aromatic heterocycles. The zero-order valence-electron chi connectivity index (χ0n) is 28.9. The zero-order valence-corrected chi connectivity index (χ0v) is 29.7. The van der Waals surface area contributed by atoms with Gasteiger partial charge >= 0.3 is 6.09 Å². The lowest BCUT2D eigenvalue weighted by molar-refractivity contribution is -0.145. The number of aryl methyl sites for hydroxylation is 1. The number of carbonyl (C=O) groups is 5. The number of piperidine rings is 1. The summed E-state index contributed by atoms with van der Waals surface area (Å²) in [4.78, 5) is 68.8. The molecule has 3 aliphatic rings. The number of fused-ring (bicyclic) bond motifs is 1. The van der Waals surface area contributed by atoms with Crippen LogP contribution in [-0.4, -0.2) is 79.1 Å². The van der Waals surface area contributed by atoms with Crippen LogP contribution in [0.3, 0.4) is 0 Å². The first-order valence-electron chi connectivity index (χ1n) is 16.2. The van der Waals surface area contributed by atoms with Crippen LogP contribution < -0.4 is 16.0 Å². The topological polar surface area (TPSA) is 168 Å². The van der Waals surface area contributed by atoms with Gasteiger partial charge in [-0.1, -0.05) is 65.2 Å². The summed E-state index contributed by atoms with van der Waals surface area (Å²) in [6.45, 7) is 16.8. The largest absolute Gasteiger partial charge is 0.444 e. The molecule has 4 rings (SSSR count). The third kappa shape index (κ3) is 8.52. The van der Waals surface area contributed by atoms with E-state index in [4.69, 9.17) is 4.74 Å². The Labute approximate surface area is 278 Å². The molecular formula is C34H50N4O8S. The van der Waals surface area contributed by atoms with Crippen molar-refractivity contribution in [1.82, 2.24) is 20.9 Å². The highest BCUT2D eigenvalue weighted by atomic mass is 32.2. The first-order chi connectivity index (χ1) is 21.5. The average molecular weight is 675 g/mol. The van der Waals surface area contributed by atoms with Crippen LogP contribution in [0.25, 0.3) is 0 Å². The van der Waals surface area contributed by atoms with Gasteiger partial charge in [-0.2, -0.15) is 0 Å². The Bertz CT molecular complexity index is 1520. The Morgan fingerprint density at radius 2 is 1.57 bits per heavy atom. The molecule has 0 bridgehead atoms. The highest BCUT2D eigenvalue weighted by Crippen LogP contribution is 2.65. The second-order valence-corrected chi connectivity index (χ2v) is 18.0. The zero-order chi connectivity index (χ0) is 35.3. The molecule has 4 amide bonds. The molecule has 2 saturated carbocycles. The summed E-state index contributed by atoms with van der Waals surface area (Å²) in [6, 6.07) is 3.04. The highest BCUT2D eigenvalue weighted by Gasteiger charge is 2.70. The van der Waals surface area contributed by atoms with E-state index in [1.165, 1.54) is 17.0 Å². The number of ether oxygens (including phenoxy) is 1. The molecular weight excluding hydrogens is 624 g/mol. The van der Waals surface area contributed by atoms with Crippen molar-refractivity contribution in [3.05, 3.63) is 29.8 Å². The number of nitrogens with one attached hydrogen (secondary N) is 3. The summed E-state index contributed by atoms with van der Waals surface area (Å²) in [5, 5.41) is 7.71. The number of likely N-dealkylation sites (tertiary alicyclic amines) is 1. The Balaban J connectivity index is 1.50. The van der Waals surface area contributed by atoms with Crippen molar-refractivity contribution in [2.75, 3.05) is 12.4 Å². The van der Waals surface area contributed by atoms with E-state index in [-0.39, 0.29) is 34.5 Å². The molecule has 0 radical (unpaired) electrons. The molecule has 1 aromatic rings. The average Bonchev–Trinajstić information content (AvgIpc) is 3.79. The first-order valence-corrected chi connectivity index (χ1v) is 17.9. The Hall–Kier alpha value is -3.48. The number of hydrogen-bond acceptors (Lipinski definition) is 8. The number of Topliss-reactive ketones (excluding diaryl/α,β-unsaturated/α-hetero) is 1. The van der Waals surface area contributed by atoms with Gasteiger partial charge in [-0.3, -0.25) is 19.2 Å². The van der Waals surface area contributed by atoms with Crippen LogP contribution in [0, 0.1) is 35.5 Å². The Morgan fingerprint density at radius 1 is 0.979 bits per heavy atom. The molecule has 3 N–H and O–H groups in total. The van der Waals surface area contributed by atoms with Gasteiger partial charge in [-0.15, -0.1) is 0 Å². The van der Waals surface area contributed by atoms with E-state index in [1.807, 2.05) is 41.5 Å². The number of nitrogens with zero attached hydrogens (tertiary/aromatic N) is 1. The minimum atomic E-state index is -3.90. The van der Waals surface area contributed by atoms with Gasteiger partial charge in [0, 0.05) is 6.54 Å². The lowest BCUT2D eigenvalue weighted by atomic mass is 9.85. The van der Waals surface area contributed by atoms with Crippen LogP contribution in [0.1, 0.15) is 80.2 Å². The molecule has 13 heteroatoms. The lowest BCUT2D eigenvalue weighted by Gasteiger charge is -2.38. The van der Waals surface area contributed by atoms with Crippen LogP contribution in [0.2, 0.25) is 0 Å². The highest BCUT2D eigenvalue weighted by molar-refractivity contribution is 7.91. The molecule has 260 valence electrons. The maximum atomic E-state index is 14.1. The van der Waals surface area contributed by atoms with Crippen molar-refractivity contribution in [1.29, 1.82) is 0 Å². The van der Waals surface area contributed by atoms with Crippen LogP contribution in [0.15, 0.2) is 29.2 Å². The van der Waals surface area contributed by atoms with Crippen molar-refractivity contribution < 1.29 is 37.1 Å². The van der Waals surface area contributed by atoms with Crippen LogP contribution >= 0.6 is 0 Å². The van der Waals surface area contributed by atoms with Gasteiger partial charge in [0.15, 0.2) is 9.84 Å². The molecule has 12 nitrogen and oxygen atoms in total. The molecule has 5 atom stereocenters. The number of benzene rings is 1. The van der Waals surface area contributed by atoms with Gasteiger partial charge in [0.25, 0.3) is 5.91 Å². The molecule has 0 spiro atoms. The van der Waals surface area contributed by atoms with Crippen molar-refractivity contribution in [3.63, 3.8) is 0 Å². The number of rotatable bonds is 11. The van der Waals surface area contributed by atoms with Crippen LogP contribution in [0.4, 0.5) is 4.79 Å². The maximum Gasteiger partial charge on any atom is 0.408 e. The number of amides is 4. The summed E-state index contributed by atoms with van der Waals surface area (Å²) in [6.07, 6.45) is 1.17. The predicted octanol–water partition coefficient (Wildman–Crippen LogP) is 3.12. The van der Waals surface area contributed by atoms with Crippen LogP contribution in [0.5, 0.6) is 0 Å². The van der Waals surface area contributed by atoms with Gasteiger partial charge in [-0.05, 0) is 74.8 Å². The summed E-state index contributed by atoms with van der Waals surface area (Å²) in [5.41, 5.74) is -0.860. The van der Waals surface area contributed by atoms with E-state index in [2.05, 4.69) is 16.0 Å². The fourth-order valence-electron chi connectivity index (χ4n) is 6.46. The van der Waals surface area contributed by atoms with Gasteiger partial charge < -0.3 is 25.6 Å². The monoisotopic (exact) mass is 674 g/mol. The second-order valence-electron chi connectivity index (χ2n) is 16.0. The van der Waals surface area contributed by atoms with E-state index >= 15 is 0 Å². The molecule has 47 heavy (non-hydrogen) atoms. The maximum absolute atomic E-state index is 14.1.